The Morgan fingerprint density at radius 3 is 2.85 bits per heavy atom. The van der Waals surface area contributed by atoms with Gasteiger partial charge in [-0.1, -0.05) is 17.7 Å². The van der Waals surface area contributed by atoms with Gasteiger partial charge in [-0.2, -0.15) is 0 Å². The number of hydrogen-bond acceptors (Lipinski definition) is 2. The van der Waals surface area contributed by atoms with E-state index in [1.807, 2.05) is 0 Å². The fraction of sp³-hybridized carbons (Fsp3) is 0.429. The first-order valence-corrected chi connectivity index (χ1v) is 6.87. The number of nitrogens with zero attached hydrogens (tertiary/aromatic N) is 1. The molecule has 0 aliphatic carbocycles. The van der Waals surface area contributed by atoms with Crippen LogP contribution in [0.15, 0.2) is 18.2 Å². The maximum Gasteiger partial charge on any atom is 0.227 e. The Labute approximate surface area is 121 Å². The minimum atomic E-state index is -0.491. The molecule has 0 bridgehead atoms. The highest BCUT2D eigenvalue weighted by atomic mass is 35.5. The van der Waals surface area contributed by atoms with Crippen molar-refractivity contribution >= 4 is 23.4 Å². The van der Waals surface area contributed by atoms with Gasteiger partial charge in [0.15, 0.2) is 0 Å². The fourth-order valence-corrected chi connectivity index (χ4v) is 2.63. The molecule has 2 N–H and O–H groups in total. The van der Waals surface area contributed by atoms with Gasteiger partial charge < -0.3 is 10.6 Å². The van der Waals surface area contributed by atoms with Gasteiger partial charge in [0, 0.05) is 23.7 Å². The Kier molecular flexibility index (Phi) is 4.60. The quantitative estimate of drug-likeness (QED) is 0.924. The SMILES string of the molecule is NC(=O)C1CCCN(C(=O)Cc2c(F)cccc2Cl)C1. The molecule has 1 saturated heterocycles. The normalized spacial score (nSPS) is 18.9. The Bertz CT molecular complexity index is 516. The highest BCUT2D eigenvalue weighted by Gasteiger charge is 2.27. The first-order valence-electron chi connectivity index (χ1n) is 6.49. The van der Waals surface area contributed by atoms with Crippen molar-refractivity contribution in [1.82, 2.24) is 4.90 Å². The predicted molar refractivity (Wildman–Crippen MR) is 73.6 cm³/mol. The van der Waals surface area contributed by atoms with Crippen LogP contribution < -0.4 is 5.73 Å². The predicted octanol–water partition coefficient (Wildman–Crippen LogP) is 1.75. The topological polar surface area (TPSA) is 63.4 Å². The zero-order chi connectivity index (χ0) is 14.7. The number of carbonyl (C=O) groups excluding carboxylic acids is 2. The van der Waals surface area contributed by atoms with Crippen molar-refractivity contribution in [3.8, 4) is 0 Å². The maximum absolute atomic E-state index is 13.7. The first-order chi connectivity index (χ1) is 9.49. The first kappa shape index (κ1) is 14.8. The molecule has 1 heterocycles. The number of carbonyl (C=O) groups is 2. The van der Waals surface area contributed by atoms with Crippen LogP contribution in [0.5, 0.6) is 0 Å². The van der Waals surface area contributed by atoms with Crippen LogP contribution in [0.25, 0.3) is 0 Å². The van der Waals surface area contributed by atoms with E-state index in [-0.39, 0.29) is 28.8 Å². The van der Waals surface area contributed by atoms with Gasteiger partial charge in [-0.15, -0.1) is 0 Å². The average molecular weight is 299 g/mol. The van der Waals surface area contributed by atoms with Crippen LogP contribution >= 0.6 is 11.6 Å². The molecule has 108 valence electrons. The van der Waals surface area contributed by atoms with Crippen molar-refractivity contribution in [3.63, 3.8) is 0 Å². The van der Waals surface area contributed by atoms with E-state index in [1.165, 1.54) is 12.1 Å². The summed E-state index contributed by atoms with van der Waals surface area (Å²) in [6, 6.07) is 4.32. The fourth-order valence-electron chi connectivity index (χ4n) is 2.40. The molecule has 1 aromatic rings. The molecule has 0 saturated carbocycles. The number of benzene rings is 1. The maximum atomic E-state index is 13.7. The summed E-state index contributed by atoms with van der Waals surface area (Å²) in [5.74, 6) is -1.44. The molecule has 6 heteroatoms. The van der Waals surface area contributed by atoms with Crippen molar-refractivity contribution in [3.05, 3.63) is 34.6 Å². The Balaban J connectivity index is 2.06. The highest BCUT2D eigenvalue weighted by molar-refractivity contribution is 6.31. The summed E-state index contributed by atoms with van der Waals surface area (Å²) in [5, 5.41) is 0.238. The standard InChI is InChI=1S/C14H16ClFN2O2/c15-11-4-1-5-12(16)10(11)7-13(19)18-6-2-3-9(8-18)14(17)20/h1,4-5,9H,2-3,6-8H2,(H2,17,20). The molecule has 1 aliphatic rings. The third-order valence-corrected chi connectivity index (χ3v) is 3.92. The van der Waals surface area contributed by atoms with Crippen LogP contribution in [0.2, 0.25) is 5.02 Å². The molecular formula is C14H16ClFN2O2. The smallest absolute Gasteiger partial charge is 0.227 e. The Morgan fingerprint density at radius 1 is 1.45 bits per heavy atom. The van der Waals surface area contributed by atoms with Crippen LogP contribution in [-0.2, 0) is 16.0 Å². The lowest BCUT2D eigenvalue weighted by Gasteiger charge is -2.31. The molecule has 20 heavy (non-hydrogen) atoms. The molecule has 1 aromatic carbocycles. The van der Waals surface area contributed by atoms with Gasteiger partial charge in [0.25, 0.3) is 0 Å². The van der Waals surface area contributed by atoms with Gasteiger partial charge >= 0.3 is 0 Å². The zero-order valence-corrected chi connectivity index (χ0v) is 11.7. The highest BCUT2D eigenvalue weighted by Crippen LogP contribution is 2.22. The number of halogens is 2. The minimum Gasteiger partial charge on any atom is -0.369 e. The van der Waals surface area contributed by atoms with E-state index in [0.29, 0.717) is 19.5 Å². The van der Waals surface area contributed by atoms with Gasteiger partial charge in [0.05, 0.1) is 12.3 Å². The second kappa shape index (κ2) is 6.22. The number of piperidine rings is 1. The van der Waals surface area contributed by atoms with Crippen molar-refractivity contribution in [2.45, 2.75) is 19.3 Å². The van der Waals surface area contributed by atoms with E-state index in [2.05, 4.69) is 0 Å². The number of likely N-dealkylation sites (tertiary alicyclic amines) is 1. The molecule has 0 radical (unpaired) electrons. The van der Waals surface area contributed by atoms with E-state index >= 15 is 0 Å². The zero-order valence-electron chi connectivity index (χ0n) is 10.9. The van der Waals surface area contributed by atoms with Crippen LogP contribution in [0.3, 0.4) is 0 Å². The van der Waals surface area contributed by atoms with Crippen molar-refractivity contribution in [2.75, 3.05) is 13.1 Å². The second-order valence-electron chi connectivity index (χ2n) is 4.96. The van der Waals surface area contributed by atoms with Crippen LogP contribution in [0.4, 0.5) is 4.39 Å². The number of hydrogen-bond donors (Lipinski definition) is 1. The largest absolute Gasteiger partial charge is 0.369 e. The van der Waals surface area contributed by atoms with E-state index in [9.17, 15) is 14.0 Å². The number of rotatable bonds is 3. The molecular weight excluding hydrogens is 283 g/mol. The molecule has 1 fully saturated rings. The van der Waals surface area contributed by atoms with Gasteiger partial charge in [-0.05, 0) is 25.0 Å². The van der Waals surface area contributed by atoms with Gasteiger partial charge in [-0.25, -0.2) is 4.39 Å². The van der Waals surface area contributed by atoms with Crippen LogP contribution in [-0.4, -0.2) is 29.8 Å². The van der Waals surface area contributed by atoms with E-state index < -0.39 is 11.7 Å². The molecule has 4 nitrogen and oxygen atoms in total. The van der Waals surface area contributed by atoms with Crippen molar-refractivity contribution < 1.29 is 14.0 Å². The lowest BCUT2D eigenvalue weighted by molar-refractivity contribution is -0.134. The van der Waals surface area contributed by atoms with Gasteiger partial charge in [0.1, 0.15) is 5.82 Å². The van der Waals surface area contributed by atoms with Gasteiger partial charge in [0.2, 0.25) is 11.8 Å². The molecule has 0 spiro atoms. The summed E-state index contributed by atoms with van der Waals surface area (Å²) >= 11 is 5.91. The molecule has 0 aromatic heterocycles. The minimum absolute atomic E-state index is 0.100. The monoisotopic (exact) mass is 298 g/mol. The van der Waals surface area contributed by atoms with Crippen LogP contribution in [0, 0.1) is 11.7 Å². The van der Waals surface area contributed by atoms with E-state index in [1.54, 1.807) is 11.0 Å². The lowest BCUT2D eigenvalue weighted by atomic mass is 9.97. The van der Waals surface area contributed by atoms with E-state index in [0.717, 1.165) is 6.42 Å². The van der Waals surface area contributed by atoms with E-state index in [4.69, 9.17) is 17.3 Å². The van der Waals surface area contributed by atoms with Crippen molar-refractivity contribution in [1.29, 1.82) is 0 Å². The van der Waals surface area contributed by atoms with Crippen LogP contribution in [0.1, 0.15) is 18.4 Å². The number of amides is 2. The van der Waals surface area contributed by atoms with Crippen molar-refractivity contribution in [2.24, 2.45) is 11.7 Å². The summed E-state index contributed by atoms with van der Waals surface area (Å²) in [7, 11) is 0. The molecule has 2 amide bonds. The molecule has 1 atom stereocenters. The average Bonchev–Trinajstić information content (AvgIpc) is 2.43. The molecule has 2 rings (SSSR count). The summed E-state index contributed by atoms with van der Waals surface area (Å²) in [6.07, 6.45) is 1.32. The Morgan fingerprint density at radius 2 is 2.20 bits per heavy atom. The summed E-state index contributed by atoms with van der Waals surface area (Å²) in [5.41, 5.74) is 5.47. The lowest BCUT2D eigenvalue weighted by Crippen LogP contribution is -2.44. The third-order valence-electron chi connectivity index (χ3n) is 3.57. The molecule has 1 unspecified atom stereocenters. The molecule has 1 aliphatic heterocycles. The summed E-state index contributed by atoms with van der Waals surface area (Å²) in [6.45, 7) is 0.870. The number of nitrogens with two attached hydrogens (primary N) is 1. The number of primary amides is 1. The summed E-state index contributed by atoms with van der Waals surface area (Å²) < 4.78 is 13.7. The van der Waals surface area contributed by atoms with Gasteiger partial charge in [-0.3, -0.25) is 9.59 Å². The third kappa shape index (κ3) is 3.28. The Hall–Kier alpha value is -1.62. The second-order valence-corrected chi connectivity index (χ2v) is 5.37. The summed E-state index contributed by atoms with van der Waals surface area (Å²) in [4.78, 5) is 24.9.